The lowest BCUT2D eigenvalue weighted by Crippen LogP contribution is -2.17. The molecule has 148 valence electrons. The standard InChI is InChI=1S/C18H14N4O6S/c19-29(26,27)16-8-3-12(4-9-16)17-10-7-15(28-17)11-20-21-18(23)13-1-5-14(6-2-13)22(24)25/h1-11H,(H,21,23)(H2,19,26,27). The molecule has 10 nitrogen and oxygen atoms in total. The number of hydrogen-bond acceptors (Lipinski definition) is 7. The molecule has 11 heteroatoms. The molecule has 0 spiro atoms. The number of rotatable bonds is 6. The second-order valence-corrected chi connectivity index (χ2v) is 7.34. The summed E-state index contributed by atoms with van der Waals surface area (Å²) in [5.41, 5.74) is 3.01. The minimum atomic E-state index is -3.77. The number of primary sulfonamides is 1. The van der Waals surface area contributed by atoms with Crippen LogP contribution in [0.3, 0.4) is 0 Å². The first kappa shape index (κ1) is 19.9. The van der Waals surface area contributed by atoms with Gasteiger partial charge in [0, 0.05) is 23.3 Å². The number of sulfonamides is 1. The van der Waals surface area contributed by atoms with Crippen molar-refractivity contribution in [1.82, 2.24) is 5.43 Å². The van der Waals surface area contributed by atoms with Crippen molar-refractivity contribution in [3.05, 3.63) is 82.1 Å². The summed E-state index contributed by atoms with van der Waals surface area (Å²) in [5.74, 6) is 0.273. The van der Waals surface area contributed by atoms with Gasteiger partial charge in [-0.25, -0.2) is 19.0 Å². The fourth-order valence-electron chi connectivity index (χ4n) is 2.34. The number of amides is 1. The molecule has 0 unspecified atom stereocenters. The molecule has 3 rings (SSSR count). The minimum absolute atomic E-state index is 0.0106. The topological polar surface area (TPSA) is 158 Å². The van der Waals surface area contributed by atoms with Gasteiger partial charge in [0.15, 0.2) is 0 Å². The number of non-ortho nitro benzene ring substituents is 1. The molecular weight excluding hydrogens is 400 g/mol. The molecule has 0 fully saturated rings. The number of nitro benzene ring substituents is 1. The van der Waals surface area contributed by atoms with Crippen molar-refractivity contribution < 1.29 is 22.6 Å². The number of nitrogens with one attached hydrogen (secondary N) is 1. The van der Waals surface area contributed by atoms with Gasteiger partial charge in [-0.2, -0.15) is 5.10 Å². The average Bonchev–Trinajstić information content (AvgIpc) is 3.16. The van der Waals surface area contributed by atoms with E-state index < -0.39 is 20.9 Å². The number of hydrazone groups is 1. The highest BCUT2D eigenvalue weighted by atomic mass is 32.2. The third-order valence-electron chi connectivity index (χ3n) is 3.79. The lowest BCUT2D eigenvalue weighted by Gasteiger charge is -2.00. The Bertz CT molecular complexity index is 1180. The van der Waals surface area contributed by atoms with Crippen LogP contribution in [0.4, 0.5) is 5.69 Å². The minimum Gasteiger partial charge on any atom is -0.455 e. The van der Waals surface area contributed by atoms with Gasteiger partial charge in [-0.1, -0.05) is 0 Å². The van der Waals surface area contributed by atoms with E-state index in [0.29, 0.717) is 17.1 Å². The quantitative estimate of drug-likeness (QED) is 0.358. The van der Waals surface area contributed by atoms with Gasteiger partial charge in [0.05, 0.1) is 16.0 Å². The Labute approximate surface area is 164 Å². The van der Waals surface area contributed by atoms with Crippen molar-refractivity contribution >= 4 is 27.8 Å². The number of benzene rings is 2. The summed E-state index contributed by atoms with van der Waals surface area (Å²) in [6.07, 6.45) is 1.28. The lowest BCUT2D eigenvalue weighted by atomic mass is 10.2. The third-order valence-corrected chi connectivity index (χ3v) is 4.72. The molecule has 2 aromatic carbocycles. The highest BCUT2D eigenvalue weighted by Gasteiger charge is 2.10. The van der Waals surface area contributed by atoms with E-state index in [4.69, 9.17) is 9.56 Å². The Balaban J connectivity index is 1.64. The molecule has 0 aliphatic carbocycles. The van der Waals surface area contributed by atoms with Crippen LogP contribution in [0.15, 0.2) is 75.1 Å². The smallest absolute Gasteiger partial charge is 0.271 e. The maximum Gasteiger partial charge on any atom is 0.271 e. The number of carbonyl (C=O) groups excluding carboxylic acids is 1. The zero-order valence-corrected chi connectivity index (χ0v) is 15.5. The summed E-state index contributed by atoms with van der Waals surface area (Å²) in [6, 6.07) is 14.2. The average molecular weight is 414 g/mol. The van der Waals surface area contributed by atoms with Crippen LogP contribution in [-0.2, 0) is 10.0 Å². The maximum atomic E-state index is 12.0. The van der Waals surface area contributed by atoms with E-state index >= 15 is 0 Å². The molecule has 1 heterocycles. The predicted molar refractivity (Wildman–Crippen MR) is 104 cm³/mol. The van der Waals surface area contributed by atoms with Gasteiger partial charge >= 0.3 is 0 Å². The molecule has 1 amide bonds. The van der Waals surface area contributed by atoms with Crippen LogP contribution in [-0.4, -0.2) is 25.5 Å². The molecule has 0 bridgehead atoms. The van der Waals surface area contributed by atoms with Gasteiger partial charge in [-0.15, -0.1) is 0 Å². The van der Waals surface area contributed by atoms with E-state index in [0.717, 1.165) is 0 Å². The van der Waals surface area contributed by atoms with Gasteiger partial charge in [0.1, 0.15) is 11.5 Å². The molecule has 0 saturated heterocycles. The molecule has 3 aromatic rings. The summed E-state index contributed by atoms with van der Waals surface area (Å²) < 4.78 is 28.1. The number of furan rings is 1. The van der Waals surface area contributed by atoms with Crippen LogP contribution in [0.5, 0.6) is 0 Å². The second-order valence-electron chi connectivity index (χ2n) is 5.77. The first-order valence-electron chi connectivity index (χ1n) is 8.05. The van der Waals surface area contributed by atoms with Crippen LogP contribution in [0.1, 0.15) is 16.1 Å². The molecule has 0 aliphatic rings. The van der Waals surface area contributed by atoms with Gasteiger partial charge in [0.2, 0.25) is 10.0 Å². The van der Waals surface area contributed by atoms with Gasteiger partial charge in [0.25, 0.3) is 11.6 Å². The Kier molecular flexibility index (Phi) is 5.52. The van der Waals surface area contributed by atoms with Crippen molar-refractivity contribution in [3.8, 4) is 11.3 Å². The Morgan fingerprint density at radius 3 is 2.31 bits per heavy atom. The first-order valence-corrected chi connectivity index (χ1v) is 9.59. The van der Waals surface area contributed by atoms with E-state index in [1.807, 2.05) is 0 Å². The van der Waals surface area contributed by atoms with Gasteiger partial charge < -0.3 is 4.42 Å². The summed E-state index contributed by atoms with van der Waals surface area (Å²) in [6.45, 7) is 0. The van der Waals surface area contributed by atoms with Crippen molar-refractivity contribution in [2.45, 2.75) is 4.90 Å². The van der Waals surface area contributed by atoms with E-state index in [1.54, 1.807) is 24.3 Å². The van der Waals surface area contributed by atoms with Gasteiger partial charge in [-0.05, 0) is 48.5 Å². The summed E-state index contributed by atoms with van der Waals surface area (Å²) >= 11 is 0. The van der Waals surface area contributed by atoms with E-state index in [1.165, 1.54) is 42.6 Å². The second kappa shape index (κ2) is 8.04. The molecule has 3 N–H and O–H groups in total. The van der Waals surface area contributed by atoms with Crippen LogP contribution >= 0.6 is 0 Å². The van der Waals surface area contributed by atoms with Crippen molar-refractivity contribution in [2.24, 2.45) is 10.2 Å². The SMILES string of the molecule is NS(=O)(=O)c1ccc(-c2ccc(C=NNC(=O)c3ccc([N+](=O)[O-])cc3)o2)cc1. The molecule has 0 radical (unpaired) electrons. The third kappa shape index (κ3) is 4.91. The van der Waals surface area contributed by atoms with Crippen LogP contribution in [0, 0.1) is 10.1 Å². The predicted octanol–water partition coefficient (Wildman–Crippen LogP) is 2.27. The summed E-state index contributed by atoms with van der Waals surface area (Å²) in [7, 11) is -3.77. The van der Waals surface area contributed by atoms with Crippen LogP contribution in [0.25, 0.3) is 11.3 Å². The lowest BCUT2D eigenvalue weighted by molar-refractivity contribution is -0.384. The van der Waals surface area contributed by atoms with E-state index in [9.17, 15) is 23.3 Å². The molecule has 0 aliphatic heterocycles. The van der Waals surface area contributed by atoms with Crippen molar-refractivity contribution in [3.63, 3.8) is 0 Å². The van der Waals surface area contributed by atoms with E-state index in [-0.39, 0.29) is 16.1 Å². The molecule has 0 saturated carbocycles. The summed E-state index contributed by atoms with van der Waals surface area (Å²) in [4.78, 5) is 22.0. The van der Waals surface area contributed by atoms with Crippen LogP contribution in [0.2, 0.25) is 0 Å². The van der Waals surface area contributed by atoms with Crippen LogP contribution < -0.4 is 10.6 Å². The fourth-order valence-corrected chi connectivity index (χ4v) is 2.86. The number of hydrogen-bond donors (Lipinski definition) is 2. The zero-order valence-electron chi connectivity index (χ0n) is 14.7. The number of nitro groups is 1. The molecule has 29 heavy (non-hydrogen) atoms. The number of nitrogens with two attached hydrogens (primary N) is 1. The van der Waals surface area contributed by atoms with Crippen molar-refractivity contribution in [1.29, 1.82) is 0 Å². The Hall–Kier alpha value is -3.83. The maximum absolute atomic E-state index is 12.0. The Morgan fingerprint density at radius 1 is 1.07 bits per heavy atom. The molecule has 1 aromatic heterocycles. The normalized spacial score (nSPS) is 11.5. The Morgan fingerprint density at radius 2 is 1.72 bits per heavy atom. The number of nitrogens with zero attached hydrogens (tertiary/aromatic N) is 2. The van der Waals surface area contributed by atoms with Gasteiger partial charge in [-0.3, -0.25) is 14.9 Å². The molecular formula is C18H14N4O6S. The number of carbonyl (C=O) groups is 1. The zero-order chi connectivity index (χ0) is 21.0. The first-order chi connectivity index (χ1) is 13.7. The largest absolute Gasteiger partial charge is 0.455 e. The monoisotopic (exact) mass is 414 g/mol. The molecule has 0 atom stereocenters. The fraction of sp³-hybridized carbons (Fsp3) is 0. The highest BCUT2D eigenvalue weighted by Crippen LogP contribution is 2.23. The van der Waals surface area contributed by atoms with E-state index in [2.05, 4.69) is 10.5 Å². The highest BCUT2D eigenvalue weighted by molar-refractivity contribution is 7.89. The van der Waals surface area contributed by atoms with Crippen molar-refractivity contribution in [2.75, 3.05) is 0 Å². The summed E-state index contributed by atoms with van der Waals surface area (Å²) in [5, 5.41) is 19.5.